The number of carbonyl (C=O) groups is 1. The van der Waals surface area contributed by atoms with Crippen LogP contribution in [0.4, 0.5) is 0 Å². The van der Waals surface area contributed by atoms with E-state index in [1.165, 1.54) is 4.68 Å². The van der Waals surface area contributed by atoms with Gasteiger partial charge in [-0.3, -0.25) is 4.79 Å². The summed E-state index contributed by atoms with van der Waals surface area (Å²) in [7, 11) is 0. The average Bonchev–Trinajstić information content (AvgIpc) is 2.87. The highest BCUT2D eigenvalue weighted by atomic mass is 79.9. The van der Waals surface area contributed by atoms with Crippen molar-refractivity contribution in [3.05, 3.63) is 33.2 Å². The molecule has 0 fully saturated rings. The summed E-state index contributed by atoms with van der Waals surface area (Å²) >= 11 is 4.97. The molecule has 0 atom stereocenters. The molecule has 0 aliphatic heterocycles. The van der Waals surface area contributed by atoms with Crippen LogP contribution in [-0.4, -0.2) is 20.9 Å². The highest BCUT2D eigenvalue weighted by Gasteiger charge is 2.04. The molecule has 2 aromatic rings. The third-order valence-electron chi connectivity index (χ3n) is 1.86. The van der Waals surface area contributed by atoms with E-state index in [9.17, 15) is 4.79 Å². The lowest BCUT2D eigenvalue weighted by atomic mass is 10.4. The molecule has 0 saturated heterocycles. The predicted molar refractivity (Wildman–Crippen MR) is 63.9 cm³/mol. The Labute approximate surface area is 105 Å². The Bertz CT molecular complexity index is 468. The molecule has 2 rings (SSSR count). The van der Waals surface area contributed by atoms with Crippen molar-refractivity contribution in [3.63, 3.8) is 0 Å². The lowest BCUT2D eigenvalue weighted by Gasteiger charge is -2.02. The number of aromatic nitrogens is 3. The normalized spacial score (nSPS) is 10.3. The van der Waals surface area contributed by atoms with Crippen molar-refractivity contribution >= 4 is 33.2 Å². The van der Waals surface area contributed by atoms with Crippen LogP contribution in [0.3, 0.4) is 0 Å². The summed E-state index contributed by atoms with van der Waals surface area (Å²) < 4.78 is 2.53. The van der Waals surface area contributed by atoms with Gasteiger partial charge in [-0.2, -0.15) is 0 Å². The largest absolute Gasteiger partial charge is 0.350 e. The van der Waals surface area contributed by atoms with Gasteiger partial charge in [-0.1, -0.05) is 5.21 Å². The lowest BCUT2D eigenvalue weighted by molar-refractivity contribution is -0.122. The third kappa shape index (κ3) is 3.14. The van der Waals surface area contributed by atoms with Gasteiger partial charge in [0, 0.05) is 20.9 Å². The lowest BCUT2D eigenvalue weighted by Crippen LogP contribution is -2.27. The molecule has 1 amide bonds. The molecule has 16 heavy (non-hydrogen) atoms. The number of hydrogen-bond acceptors (Lipinski definition) is 4. The Morgan fingerprint density at radius 3 is 3.12 bits per heavy atom. The van der Waals surface area contributed by atoms with Crippen LogP contribution in [0.25, 0.3) is 0 Å². The molecule has 0 saturated carbocycles. The van der Waals surface area contributed by atoms with Crippen LogP contribution in [0, 0.1) is 0 Å². The molecular formula is C9H9BrN4OS. The van der Waals surface area contributed by atoms with E-state index in [1.807, 2.05) is 11.4 Å². The maximum atomic E-state index is 11.5. The second kappa shape index (κ2) is 5.22. The van der Waals surface area contributed by atoms with Crippen LogP contribution >= 0.6 is 27.3 Å². The van der Waals surface area contributed by atoms with Gasteiger partial charge in [0.25, 0.3) is 0 Å². The van der Waals surface area contributed by atoms with Crippen molar-refractivity contribution in [3.8, 4) is 0 Å². The minimum absolute atomic E-state index is 0.0741. The number of thiophene rings is 1. The van der Waals surface area contributed by atoms with E-state index in [1.54, 1.807) is 23.7 Å². The first kappa shape index (κ1) is 11.3. The standard InChI is InChI=1S/C9H9BrN4OS/c10-7-3-8(16-6-7)4-11-9(15)5-14-2-1-12-13-14/h1-3,6H,4-5H2,(H,11,15). The summed E-state index contributed by atoms with van der Waals surface area (Å²) in [6.45, 7) is 0.746. The van der Waals surface area contributed by atoms with Crippen molar-refractivity contribution in [1.82, 2.24) is 20.3 Å². The maximum Gasteiger partial charge on any atom is 0.242 e. The smallest absolute Gasteiger partial charge is 0.242 e. The molecule has 2 aromatic heterocycles. The molecule has 0 unspecified atom stereocenters. The Morgan fingerprint density at radius 2 is 2.50 bits per heavy atom. The van der Waals surface area contributed by atoms with Gasteiger partial charge in [-0.05, 0) is 22.0 Å². The van der Waals surface area contributed by atoms with Gasteiger partial charge in [0.05, 0.1) is 12.7 Å². The number of amides is 1. The van der Waals surface area contributed by atoms with E-state index in [2.05, 4.69) is 31.6 Å². The van der Waals surface area contributed by atoms with Crippen molar-refractivity contribution in [2.24, 2.45) is 0 Å². The number of nitrogens with zero attached hydrogens (tertiary/aromatic N) is 3. The maximum absolute atomic E-state index is 11.5. The fraction of sp³-hybridized carbons (Fsp3) is 0.222. The van der Waals surface area contributed by atoms with Crippen LogP contribution in [-0.2, 0) is 17.9 Å². The van der Waals surface area contributed by atoms with Gasteiger partial charge in [-0.15, -0.1) is 16.4 Å². The quantitative estimate of drug-likeness (QED) is 0.929. The first-order valence-electron chi connectivity index (χ1n) is 4.58. The second-order valence-electron chi connectivity index (χ2n) is 3.11. The highest BCUT2D eigenvalue weighted by Crippen LogP contribution is 2.19. The van der Waals surface area contributed by atoms with Gasteiger partial charge >= 0.3 is 0 Å². The highest BCUT2D eigenvalue weighted by molar-refractivity contribution is 9.10. The van der Waals surface area contributed by atoms with Gasteiger partial charge in [0.2, 0.25) is 5.91 Å². The van der Waals surface area contributed by atoms with E-state index in [0.717, 1.165) is 9.35 Å². The summed E-state index contributed by atoms with van der Waals surface area (Å²) in [4.78, 5) is 12.6. The minimum atomic E-state index is -0.0741. The molecule has 1 N–H and O–H groups in total. The van der Waals surface area contributed by atoms with Crippen LogP contribution in [0.5, 0.6) is 0 Å². The first-order chi connectivity index (χ1) is 7.74. The molecular weight excluding hydrogens is 292 g/mol. The molecule has 0 aliphatic carbocycles. The zero-order valence-electron chi connectivity index (χ0n) is 8.26. The Kier molecular flexibility index (Phi) is 3.68. The van der Waals surface area contributed by atoms with Crippen LogP contribution in [0.1, 0.15) is 4.88 Å². The van der Waals surface area contributed by atoms with Crippen LogP contribution in [0.2, 0.25) is 0 Å². The molecule has 7 heteroatoms. The topological polar surface area (TPSA) is 59.8 Å². The van der Waals surface area contributed by atoms with Gasteiger partial charge in [0.15, 0.2) is 0 Å². The molecule has 84 valence electrons. The van der Waals surface area contributed by atoms with E-state index in [0.29, 0.717) is 6.54 Å². The van der Waals surface area contributed by atoms with E-state index >= 15 is 0 Å². The zero-order valence-corrected chi connectivity index (χ0v) is 10.7. The van der Waals surface area contributed by atoms with E-state index < -0.39 is 0 Å². The molecule has 0 radical (unpaired) electrons. The molecule has 2 heterocycles. The van der Waals surface area contributed by atoms with Crippen molar-refractivity contribution in [2.45, 2.75) is 13.1 Å². The average molecular weight is 301 g/mol. The van der Waals surface area contributed by atoms with Crippen molar-refractivity contribution in [1.29, 1.82) is 0 Å². The Morgan fingerprint density at radius 1 is 1.62 bits per heavy atom. The van der Waals surface area contributed by atoms with Gasteiger partial charge in [0.1, 0.15) is 6.54 Å². The molecule has 0 spiro atoms. The number of rotatable bonds is 4. The zero-order chi connectivity index (χ0) is 11.4. The molecule has 0 aromatic carbocycles. The number of carbonyl (C=O) groups excluding carboxylic acids is 1. The SMILES string of the molecule is O=C(Cn1ccnn1)NCc1cc(Br)cs1. The Hall–Kier alpha value is -1.21. The fourth-order valence-electron chi connectivity index (χ4n) is 1.15. The van der Waals surface area contributed by atoms with Crippen molar-refractivity contribution in [2.75, 3.05) is 0 Å². The first-order valence-corrected chi connectivity index (χ1v) is 6.25. The minimum Gasteiger partial charge on any atom is -0.350 e. The monoisotopic (exact) mass is 300 g/mol. The molecule has 5 nitrogen and oxygen atoms in total. The second-order valence-corrected chi connectivity index (χ2v) is 5.02. The summed E-state index contributed by atoms with van der Waals surface area (Å²) in [5, 5.41) is 12.1. The number of nitrogens with one attached hydrogen (secondary N) is 1. The summed E-state index contributed by atoms with van der Waals surface area (Å²) in [5.41, 5.74) is 0. The van der Waals surface area contributed by atoms with Crippen LogP contribution < -0.4 is 5.32 Å². The third-order valence-corrected chi connectivity index (χ3v) is 3.56. The van der Waals surface area contributed by atoms with E-state index in [-0.39, 0.29) is 12.5 Å². The number of halogens is 1. The molecule has 0 aliphatic rings. The summed E-state index contributed by atoms with van der Waals surface area (Å²) in [6, 6.07) is 1.99. The summed E-state index contributed by atoms with van der Waals surface area (Å²) in [5.74, 6) is -0.0741. The Balaban J connectivity index is 1.80. The summed E-state index contributed by atoms with van der Waals surface area (Å²) in [6.07, 6.45) is 3.20. The number of hydrogen-bond donors (Lipinski definition) is 1. The fourth-order valence-corrected chi connectivity index (χ4v) is 2.54. The predicted octanol–water partition coefficient (Wildman–Crippen LogP) is 1.42. The van der Waals surface area contributed by atoms with Crippen LogP contribution in [0.15, 0.2) is 28.3 Å². The van der Waals surface area contributed by atoms with Gasteiger partial charge in [-0.25, -0.2) is 4.68 Å². The van der Waals surface area contributed by atoms with Gasteiger partial charge < -0.3 is 5.32 Å². The molecule has 0 bridgehead atoms. The van der Waals surface area contributed by atoms with Crippen molar-refractivity contribution < 1.29 is 4.79 Å². The van der Waals surface area contributed by atoms with E-state index in [4.69, 9.17) is 0 Å².